The van der Waals surface area contributed by atoms with Crippen LogP contribution in [0.5, 0.6) is 0 Å². The van der Waals surface area contributed by atoms with Gasteiger partial charge in [0.25, 0.3) is 0 Å². The molecule has 1 aliphatic rings. The summed E-state index contributed by atoms with van der Waals surface area (Å²) in [6, 6.07) is 10.1. The van der Waals surface area contributed by atoms with E-state index in [1.165, 1.54) is 0 Å². The zero-order valence-corrected chi connectivity index (χ0v) is 13.3. The Morgan fingerprint density at radius 3 is 2.71 bits per heavy atom. The number of nitrogens with one attached hydrogen (secondary N) is 2. The van der Waals surface area contributed by atoms with Gasteiger partial charge < -0.3 is 10.6 Å². The second kappa shape index (κ2) is 5.81. The number of imidazole rings is 1. The SMILES string of the molecule is Cc1nc2cnccc2n1-c1ccc(C2=CC(=O)NCCN2)cc1. The molecule has 0 fully saturated rings. The Bertz CT molecular complexity index is 940. The van der Waals surface area contributed by atoms with E-state index >= 15 is 0 Å². The fraction of sp³-hybridized carbons (Fsp3) is 0.167. The molecule has 0 saturated heterocycles. The molecule has 0 radical (unpaired) electrons. The van der Waals surface area contributed by atoms with E-state index in [1.54, 1.807) is 18.5 Å². The molecule has 1 amide bonds. The van der Waals surface area contributed by atoms with Gasteiger partial charge in [0.05, 0.1) is 11.7 Å². The second-order valence-electron chi connectivity index (χ2n) is 5.68. The lowest BCUT2D eigenvalue weighted by Gasteiger charge is -2.11. The first-order valence-electron chi connectivity index (χ1n) is 7.86. The van der Waals surface area contributed by atoms with Crippen LogP contribution in [0, 0.1) is 6.92 Å². The number of rotatable bonds is 2. The molecule has 0 unspecified atom stereocenters. The molecule has 6 nitrogen and oxygen atoms in total. The predicted molar refractivity (Wildman–Crippen MR) is 92.6 cm³/mol. The number of fused-ring (bicyclic) bond motifs is 1. The first-order chi connectivity index (χ1) is 11.7. The number of aryl methyl sites for hydroxylation is 1. The van der Waals surface area contributed by atoms with Crippen molar-refractivity contribution < 1.29 is 4.79 Å². The first-order valence-corrected chi connectivity index (χ1v) is 7.86. The molecule has 0 atom stereocenters. The Kier molecular flexibility index (Phi) is 3.49. The van der Waals surface area contributed by atoms with Crippen LogP contribution < -0.4 is 10.6 Å². The Morgan fingerprint density at radius 2 is 1.88 bits per heavy atom. The fourth-order valence-corrected chi connectivity index (χ4v) is 2.97. The molecule has 0 aliphatic carbocycles. The van der Waals surface area contributed by atoms with Crippen molar-refractivity contribution in [2.45, 2.75) is 6.92 Å². The molecule has 3 aromatic rings. The molecule has 0 saturated carbocycles. The van der Waals surface area contributed by atoms with E-state index in [0.29, 0.717) is 6.54 Å². The molecule has 2 N–H and O–H groups in total. The van der Waals surface area contributed by atoms with Crippen molar-refractivity contribution in [1.82, 2.24) is 25.2 Å². The molecule has 0 bridgehead atoms. The normalized spacial score (nSPS) is 14.7. The molecule has 120 valence electrons. The molecule has 4 rings (SSSR count). The van der Waals surface area contributed by atoms with E-state index in [4.69, 9.17) is 0 Å². The zero-order valence-electron chi connectivity index (χ0n) is 13.3. The van der Waals surface area contributed by atoms with Crippen LogP contribution in [0.25, 0.3) is 22.4 Å². The zero-order chi connectivity index (χ0) is 16.5. The summed E-state index contributed by atoms with van der Waals surface area (Å²) in [6.45, 7) is 3.33. The van der Waals surface area contributed by atoms with E-state index < -0.39 is 0 Å². The highest BCUT2D eigenvalue weighted by atomic mass is 16.1. The molecule has 3 heterocycles. The number of aromatic nitrogens is 3. The molecule has 6 heteroatoms. The van der Waals surface area contributed by atoms with E-state index in [1.807, 2.05) is 37.3 Å². The average Bonchev–Trinajstić information content (AvgIpc) is 2.77. The smallest absolute Gasteiger partial charge is 0.246 e. The van der Waals surface area contributed by atoms with Crippen LogP contribution in [0.2, 0.25) is 0 Å². The molecule has 1 aromatic carbocycles. The summed E-state index contributed by atoms with van der Waals surface area (Å²) in [5.74, 6) is 0.847. The number of benzene rings is 1. The highest BCUT2D eigenvalue weighted by molar-refractivity contribution is 5.95. The summed E-state index contributed by atoms with van der Waals surface area (Å²) in [4.78, 5) is 20.3. The topological polar surface area (TPSA) is 71.8 Å². The van der Waals surface area contributed by atoms with Crippen molar-refractivity contribution in [3.8, 4) is 5.69 Å². The van der Waals surface area contributed by atoms with Gasteiger partial charge in [-0.2, -0.15) is 0 Å². The van der Waals surface area contributed by atoms with Gasteiger partial charge in [0.15, 0.2) is 0 Å². The van der Waals surface area contributed by atoms with E-state index in [0.717, 1.165) is 40.4 Å². The highest BCUT2D eigenvalue weighted by Gasteiger charge is 2.11. The maximum absolute atomic E-state index is 11.7. The van der Waals surface area contributed by atoms with Gasteiger partial charge in [0.2, 0.25) is 5.91 Å². The Hall–Kier alpha value is -3.15. The van der Waals surface area contributed by atoms with Gasteiger partial charge in [-0.3, -0.25) is 14.3 Å². The van der Waals surface area contributed by atoms with E-state index in [-0.39, 0.29) is 5.91 Å². The van der Waals surface area contributed by atoms with Gasteiger partial charge in [-0.1, -0.05) is 12.1 Å². The second-order valence-corrected chi connectivity index (χ2v) is 5.68. The van der Waals surface area contributed by atoms with Crippen molar-refractivity contribution in [2.24, 2.45) is 0 Å². The van der Waals surface area contributed by atoms with Crippen molar-refractivity contribution >= 4 is 22.6 Å². The molecule has 2 aromatic heterocycles. The number of nitrogens with zero attached hydrogens (tertiary/aromatic N) is 3. The lowest BCUT2D eigenvalue weighted by Crippen LogP contribution is -2.25. The minimum atomic E-state index is -0.0666. The number of carbonyl (C=O) groups excluding carboxylic acids is 1. The van der Waals surface area contributed by atoms with Crippen LogP contribution in [0.3, 0.4) is 0 Å². The maximum Gasteiger partial charge on any atom is 0.246 e. The third-order valence-corrected chi connectivity index (χ3v) is 4.08. The van der Waals surface area contributed by atoms with Gasteiger partial charge in [0.1, 0.15) is 11.3 Å². The largest absolute Gasteiger partial charge is 0.383 e. The maximum atomic E-state index is 11.7. The quantitative estimate of drug-likeness (QED) is 0.755. The van der Waals surface area contributed by atoms with Crippen LogP contribution in [0.4, 0.5) is 0 Å². The minimum Gasteiger partial charge on any atom is -0.383 e. The van der Waals surface area contributed by atoms with Crippen molar-refractivity contribution in [1.29, 1.82) is 0 Å². The van der Waals surface area contributed by atoms with Crippen LogP contribution in [-0.4, -0.2) is 33.5 Å². The molecular formula is C18H17N5O. The molecule has 0 spiro atoms. The Morgan fingerprint density at radius 1 is 1.08 bits per heavy atom. The van der Waals surface area contributed by atoms with Crippen LogP contribution in [0.1, 0.15) is 11.4 Å². The van der Waals surface area contributed by atoms with Gasteiger partial charge in [-0.25, -0.2) is 4.98 Å². The number of hydrogen-bond acceptors (Lipinski definition) is 4. The lowest BCUT2D eigenvalue weighted by atomic mass is 10.1. The lowest BCUT2D eigenvalue weighted by molar-refractivity contribution is -0.116. The van der Waals surface area contributed by atoms with E-state index in [9.17, 15) is 4.79 Å². The average molecular weight is 319 g/mol. The summed E-state index contributed by atoms with van der Waals surface area (Å²) in [5, 5.41) is 6.08. The van der Waals surface area contributed by atoms with E-state index in [2.05, 4.69) is 25.2 Å². The molecule has 24 heavy (non-hydrogen) atoms. The number of carbonyl (C=O) groups is 1. The summed E-state index contributed by atoms with van der Waals surface area (Å²) in [7, 11) is 0. The fourth-order valence-electron chi connectivity index (χ4n) is 2.97. The Labute approximate surface area is 139 Å². The van der Waals surface area contributed by atoms with Gasteiger partial charge in [0, 0.05) is 36.7 Å². The van der Waals surface area contributed by atoms with Gasteiger partial charge >= 0.3 is 0 Å². The Balaban J connectivity index is 1.73. The standard InChI is InChI=1S/C18H17N5O/c1-12-22-16-11-19-7-6-17(16)23(12)14-4-2-13(3-5-14)15-10-18(24)21-9-8-20-15/h2-7,10-11,20H,8-9H2,1H3,(H,21,24). The van der Waals surface area contributed by atoms with Gasteiger partial charge in [-0.15, -0.1) is 0 Å². The summed E-state index contributed by atoms with van der Waals surface area (Å²) < 4.78 is 2.10. The summed E-state index contributed by atoms with van der Waals surface area (Å²) in [5.41, 5.74) is 4.77. The predicted octanol–water partition coefficient (Wildman–Crippen LogP) is 1.79. The van der Waals surface area contributed by atoms with Crippen molar-refractivity contribution in [3.05, 3.63) is 60.2 Å². The van der Waals surface area contributed by atoms with Crippen molar-refractivity contribution in [3.63, 3.8) is 0 Å². The number of amides is 1. The third-order valence-electron chi connectivity index (χ3n) is 4.08. The highest BCUT2D eigenvalue weighted by Crippen LogP contribution is 2.22. The van der Waals surface area contributed by atoms with Crippen LogP contribution >= 0.6 is 0 Å². The molecule has 1 aliphatic heterocycles. The monoisotopic (exact) mass is 319 g/mol. The summed E-state index contributed by atoms with van der Waals surface area (Å²) >= 11 is 0. The first kappa shape index (κ1) is 14.4. The number of hydrogen-bond donors (Lipinski definition) is 2. The minimum absolute atomic E-state index is 0.0666. The molecular weight excluding hydrogens is 302 g/mol. The van der Waals surface area contributed by atoms with Gasteiger partial charge in [-0.05, 0) is 30.7 Å². The van der Waals surface area contributed by atoms with Crippen molar-refractivity contribution in [2.75, 3.05) is 13.1 Å². The third kappa shape index (κ3) is 2.52. The van der Waals surface area contributed by atoms with Crippen LogP contribution in [-0.2, 0) is 4.79 Å². The number of pyridine rings is 1. The van der Waals surface area contributed by atoms with Crippen LogP contribution in [0.15, 0.2) is 48.8 Å². The summed E-state index contributed by atoms with van der Waals surface area (Å²) in [6.07, 6.45) is 5.14.